The number of rotatable bonds is 6. The molecule has 0 saturated carbocycles. The Balaban J connectivity index is 2.48. The predicted octanol–water partition coefficient (Wildman–Crippen LogP) is 2.73. The average Bonchev–Trinajstić information content (AvgIpc) is 2.60. The number of methoxy groups -OCH3 is 1. The lowest BCUT2D eigenvalue weighted by Crippen LogP contribution is -2.36. The normalized spacial score (nSPS) is 11.0. The number of esters is 1. The number of non-ortho nitro benzene ring substituents is 1. The van der Waals surface area contributed by atoms with E-state index in [9.17, 15) is 23.3 Å². The monoisotopic (exact) mass is 428 g/mol. The maximum Gasteiger partial charge on any atom is 0.326 e. The fraction of sp³-hybridized carbons (Fsp3) is 0.133. The minimum Gasteiger partial charge on any atom is -0.468 e. The van der Waals surface area contributed by atoms with Gasteiger partial charge in [-0.15, -0.1) is 0 Å². The molecule has 2 aromatic carbocycles. The van der Waals surface area contributed by atoms with Crippen LogP contribution in [0, 0.1) is 10.1 Å². The molecule has 0 N–H and O–H groups in total. The lowest BCUT2D eigenvalue weighted by Gasteiger charge is -2.23. The van der Waals surface area contributed by atoms with E-state index in [1.807, 2.05) is 0 Å². The molecule has 0 spiro atoms. The van der Waals surface area contributed by atoms with Crippen molar-refractivity contribution < 1.29 is 22.9 Å². The SMILES string of the molecule is COC(=O)CN(c1ccc(Br)cc1)S(=O)(=O)c1ccc([N+](=O)[O-])cc1. The molecule has 0 radical (unpaired) electrons. The van der Waals surface area contributed by atoms with E-state index in [0.29, 0.717) is 0 Å². The fourth-order valence-electron chi connectivity index (χ4n) is 1.97. The highest BCUT2D eigenvalue weighted by Gasteiger charge is 2.28. The zero-order valence-electron chi connectivity index (χ0n) is 13.0. The number of ether oxygens (including phenoxy) is 1. The molecular formula is C15H13BrN2O6S. The van der Waals surface area contributed by atoms with Crippen LogP contribution >= 0.6 is 15.9 Å². The summed E-state index contributed by atoms with van der Waals surface area (Å²) in [7, 11) is -2.97. The highest BCUT2D eigenvalue weighted by Crippen LogP contribution is 2.26. The lowest BCUT2D eigenvalue weighted by molar-refractivity contribution is -0.384. The summed E-state index contributed by atoms with van der Waals surface area (Å²) >= 11 is 3.25. The molecule has 132 valence electrons. The van der Waals surface area contributed by atoms with Crippen molar-refractivity contribution in [3.63, 3.8) is 0 Å². The third-order valence-corrected chi connectivity index (χ3v) is 5.57. The van der Waals surface area contributed by atoms with E-state index >= 15 is 0 Å². The van der Waals surface area contributed by atoms with Gasteiger partial charge >= 0.3 is 5.97 Å². The van der Waals surface area contributed by atoms with Gasteiger partial charge in [0.2, 0.25) is 0 Å². The van der Waals surface area contributed by atoms with Gasteiger partial charge in [-0.25, -0.2) is 8.42 Å². The minimum absolute atomic E-state index is 0.176. The second-order valence-electron chi connectivity index (χ2n) is 4.82. The molecule has 0 aliphatic heterocycles. The molecule has 2 rings (SSSR count). The number of halogens is 1. The topological polar surface area (TPSA) is 107 Å². The molecule has 10 heteroatoms. The van der Waals surface area contributed by atoms with E-state index in [2.05, 4.69) is 20.7 Å². The van der Waals surface area contributed by atoms with Crippen LogP contribution in [-0.2, 0) is 19.6 Å². The molecule has 25 heavy (non-hydrogen) atoms. The van der Waals surface area contributed by atoms with Crippen LogP contribution in [0.1, 0.15) is 0 Å². The molecule has 0 aliphatic carbocycles. The van der Waals surface area contributed by atoms with Gasteiger partial charge in [-0.2, -0.15) is 0 Å². The van der Waals surface area contributed by atoms with Crippen molar-refractivity contribution in [2.45, 2.75) is 4.90 Å². The molecule has 0 bridgehead atoms. The van der Waals surface area contributed by atoms with Crippen LogP contribution in [-0.4, -0.2) is 33.0 Å². The summed E-state index contributed by atoms with van der Waals surface area (Å²) in [6.45, 7) is -0.530. The van der Waals surface area contributed by atoms with Gasteiger partial charge < -0.3 is 4.74 Å². The van der Waals surface area contributed by atoms with Gasteiger partial charge in [0, 0.05) is 16.6 Å². The van der Waals surface area contributed by atoms with Crippen LogP contribution in [0.5, 0.6) is 0 Å². The van der Waals surface area contributed by atoms with Crippen molar-refractivity contribution in [1.82, 2.24) is 0 Å². The first-order valence-electron chi connectivity index (χ1n) is 6.85. The zero-order chi connectivity index (χ0) is 18.6. The Morgan fingerprint density at radius 1 is 1.16 bits per heavy atom. The van der Waals surface area contributed by atoms with Crippen molar-refractivity contribution in [3.8, 4) is 0 Å². The first kappa shape index (κ1) is 18.9. The van der Waals surface area contributed by atoms with Crippen LogP contribution in [0.2, 0.25) is 0 Å². The quantitative estimate of drug-likeness (QED) is 0.397. The van der Waals surface area contributed by atoms with Crippen LogP contribution in [0.25, 0.3) is 0 Å². The lowest BCUT2D eigenvalue weighted by atomic mass is 10.3. The summed E-state index contributed by atoms with van der Waals surface area (Å²) in [6.07, 6.45) is 0. The van der Waals surface area contributed by atoms with E-state index in [0.717, 1.165) is 40.2 Å². The van der Waals surface area contributed by atoms with Crippen molar-refractivity contribution in [2.24, 2.45) is 0 Å². The third kappa shape index (κ3) is 4.34. The molecule has 0 aliphatic rings. The first-order valence-corrected chi connectivity index (χ1v) is 9.08. The number of nitro benzene ring substituents is 1. The summed E-state index contributed by atoms with van der Waals surface area (Å²) in [6, 6.07) is 10.7. The highest BCUT2D eigenvalue weighted by atomic mass is 79.9. The largest absolute Gasteiger partial charge is 0.468 e. The third-order valence-electron chi connectivity index (χ3n) is 3.25. The molecule has 0 heterocycles. The molecule has 0 saturated heterocycles. The van der Waals surface area contributed by atoms with E-state index in [1.165, 1.54) is 12.1 Å². The van der Waals surface area contributed by atoms with E-state index in [-0.39, 0.29) is 16.3 Å². The Morgan fingerprint density at radius 3 is 2.20 bits per heavy atom. The molecule has 0 fully saturated rings. The summed E-state index contributed by atoms with van der Waals surface area (Å²) in [5.41, 5.74) is 0.0223. The van der Waals surface area contributed by atoms with Crippen molar-refractivity contribution in [2.75, 3.05) is 18.0 Å². The van der Waals surface area contributed by atoms with Gasteiger partial charge in [0.1, 0.15) is 6.54 Å². The molecule has 0 atom stereocenters. The van der Waals surface area contributed by atoms with Gasteiger partial charge in [-0.05, 0) is 36.4 Å². The molecule has 0 aromatic heterocycles. The Hall–Kier alpha value is -2.46. The van der Waals surface area contributed by atoms with E-state index < -0.39 is 27.5 Å². The summed E-state index contributed by atoms with van der Waals surface area (Å²) < 4.78 is 32.0. The summed E-state index contributed by atoms with van der Waals surface area (Å²) in [5, 5.41) is 10.7. The van der Waals surface area contributed by atoms with Crippen molar-refractivity contribution >= 4 is 43.3 Å². The van der Waals surface area contributed by atoms with Gasteiger partial charge in [0.05, 0.1) is 22.6 Å². The minimum atomic E-state index is -4.12. The molecule has 0 amide bonds. The van der Waals surface area contributed by atoms with Crippen molar-refractivity contribution in [3.05, 3.63) is 63.1 Å². The maximum atomic E-state index is 12.9. The summed E-state index contributed by atoms with van der Waals surface area (Å²) in [5.74, 6) is -0.742. The smallest absolute Gasteiger partial charge is 0.326 e. The van der Waals surface area contributed by atoms with Crippen molar-refractivity contribution in [1.29, 1.82) is 0 Å². The number of nitrogens with zero attached hydrogens (tertiary/aromatic N) is 2. The second-order valence-corrected chi connectivity index (χ2v) is 7.59. The standard InChI is InChI=1S/C15H13BrN2O6S/c1-24-15(19)10-17(12-4-2-11(16)3-5-12)25(22,23)14-8-6-13(7-9-14)18(20)21/h2-9H,10H2,1H3. The molecule has 2 aromatic rings. The highest BCUT2D eigenvalue weighted by molar-refractivity contribution is 9.10. The van der Waals surface area contributed by atoms with E-state index in [4.69, 9.17) is 0 Å². The number of nitro groups is 1. The zero-order valence-corrected chi connectivity index (χ0v) is 15.4. The van der Waals surface area contributed by atoms with Crippen LogP contribution in [0.3, 0.4) is 0 Å². The maximum absolute atomic E-state index is 12.9. The Kier molecular flexibility index (Phi) is 5.75. The Bertz CT molecular complexity index is 881. The average molecular weight is 429 g/mol. The number of hydrogen-bond acceptors (Lipinski definition) is 6. The fourth-order valence-corrected chi connectivity index (χ4v) is 3.64. The van der Waals surface area contributed by atoms with Gasteiger partial charge in [-0.1, -0.05) is 15.9 Å². The van der Waals surface area contributed by atoms with Gasteiger partial charge in [0.25, 0.3) is 15.7 Å². The van der Waals surface area contributed by atoms with Gasteiger partial charge in [-0.3, -0.25) is 19.2 Å². The Labute approximate surface area is 152 Å². The molecule has 0 unspecified atom stereocenters. The predicted molar refractivity (Wildman–Crippen MR) is 93.8 cm³/mol. The number of anilines is 1. The number of carbonyl (C=O) groups excluding carboxylic acids is 1. The summed E-state index contributed by atoms with van der Waals surface area (Å²) in [4.78, 5) is 21.6. The van der Waals surface area contributed by atoms with E-state index in [1.54, 1.807) is 12.1 Å². The molecular weight excluding hydrogens is 416 g/mol. The Morgan fingerprint density at radius 2 is 1.72 bits per heavy atom. The first-order chi connectivity index (χ1) is 11.8. The number of hydrogen-bond donors (Lipinski definition) is 0. The molecule has 8 nitrogen and oxygen atoms in total. The van der Waals surface area contributed by atoms with Crippen LogP contribution in [0.15, 0.2) is 57.9 Å². The second kappa shape index (κ2) is 7.62. The van der Waals surface area contributed by atoms with Crippen LogP contribution < -0.4 is 4.31 Å². The number of benzene rings is 2. The van der Waals surface area contributed by atoms with Gasteiger partial charge in [0.15, 0.2) is 0 Å². The number of carbonyl (C=O) groups is 1. The van der Waals surface area contributed by atoms with Crippen LogP contribution in [0.4, 0.5) is 11.4 Å². The number of sulfonamides is 1.